The molecule has 0 unspecified atom stereocenters. The van der Waals surface area contributed by atoms with Gasteiger partial charge in [-0.05, 0) is 38.3 Å². The number of carbonyl (C=O) groups is 2. The van der Waals surface area contributed by atoms with Gasteiger partial charge in [0.05, 0.1) is 5.41 Å². The molecule has 2 aromatic rings. The number of nitrogens with zero attached hydrogens (tertiary/aromatic N) is 1. The molecular weight excluding hydrogens is 268 g/mol. The van der Waals surface area contributed by atoms with E-state index in [1.54, 1.807) is 13.8 Å². The van der Waals surface area contributed by atoms with Crippen molar-refractivity contribution in [2.24, 2.45) is 5.41 Å². The maximum absolute atomic E-state index is 12.1. The van der Waals surface area contributed by atoms with Crippen LogP contribution in [-0.2, 0) is 16.1 Å². The molecule has 21 heavy (non-hydrogen) atoms. The predicted octanol–water partition coefficient (Wildman–Crippen LogP) is 2.18. The lowest BCUT2D eigenvalue weighted by atomic mass is 9.94. The van der Waals surface area contributed by atoms with Crippen molar-refractivity contribution < 1.29 is 14.7 Å². The fraction of sp³-hybridized carbons (Fsp3) is 0.375. The molecule has 0 fully saturated rings. The number of rotatable bonds is 5. The first-order valence-corrected chi connectivity index (χ1v) is 6.86. The van der Waals surface area contributed by atoms with Crippen LogP contribution in [-0.4, -0.2) is 28.1 Å². The second kappa shape index (κ2) is 5.60. The van der Waals surface area contributed by atoms with Gasteiger partial charge in [0.1, 0.15) is 6.54 Å². The van der Waals surface area contributed by atoms with Gasteiger partial charge in [-0.15, -0.1) is 0 Å². The monoisotopic (exact) mass is 288 g/mol. The summed E-state index contributed by atoms with van der Waals surface area (Å²) in [6.45, 7) is 5.43. The van der Waals surface area contributed by atoms with Gasteiger partial charge in [-0.2, -0.15) is 0 Å². The summed E-state index contributed by atoms with van der Waals surface area (Å²) in [5.74, 6) is -1.11. The van der Waals surface area contributed by atoms with E-state index < -0.39 is 11.4 Å². The van der Waals surface area contributed by atoms with Gasteiger partial charge in [0.15, 0.2) is 0 Å². The number of carbonyl (C=O) groups excluding carboxylic acids is 1. The summed E-state index contributed by atoms with van der Waals surface area (Å²) in [6, 6.07) is 9.90. The summed E-state index contributed by atoms with van der Waals surface area (Å²) in [4.78, 5) is 23.1. The van der Waals surface area contributed by atoms with Crippen LogP contribution in [0.5, 0.6) is 0 Å². The van der Waals surface area contributed by atoms with Gasteiger partial charge in [0.25, 0.3) is 0 Å². The zero-order valence-corrected chi connectivity index (χ0v) is 12.5. The molecule has 0 aliphatic carbocycles. The normalized spacial score (nSPS) is 11.6. The highest BCUT2D eigenvalue weighted by Gasteiger charge is 2.27. The maximum Gasteiger partial charge on any atom is 0.310 e. The number of carboxylic acid groups (broad SMARTS) is 1. The zero-order chi connectivity index (χ0) is 15.6. The third kappa shape index (κ3) is 3.24. The highest BCUT2D eigenvalue weighted by Crippen LogP contribution is 2.19. The number of carboxylic acids is 1. The molecule has 1 aromatic heterocycles. The molecule has 112 valence electrons. The largest absolute Gasteiger partial charge is 0.481 e. The Kier molecular flexibility index (Phi) is 4.02. The van der Waals surface area contributed by atoms with Gasteiger partial charge in [0, 0.05) is 17.8 Å². The molecule has 0 saturated heterocycles. The van der Waals surface area contributed by atoms with E-state index in [2.05, 4.69) is 5.32 Å². The van der Waals surface area contributed by atoms with Crippen LogP contribution >= 0.6 is 0 Å². The van der Waals surface area contributed by atoms with E-state index in [4.69, 9.17) is 5.11 Å². The molecule has 0 saturated carbocycles. The Morgan fingerprint density at radius 1 is 1.29 bits per heavy atom. The number of hydrogen-bond donors (Lipinski definition) is 2. The minimum atomic E-state index is -0.969. The summed E-state index contributed by atoms with van der Waals surface area (Å²) < 4.78 is 1.93. The number of amides is 1. The average molecular weight is 288 g/mol. The molecule has 2 rings (SSSR count). The van der Waals surface area contributed by atoms with Crippen LogP contribution in [0, 0.1) is 12.3 Å². The molecule has 0 aliphatic heterocycles. The van der Waals surface area contributed by atoms with Crippen LogP contribution in [0.1, 0.15) is 19.5 Å². The van der Waals surface area contributed by atoms with E-state index in [0.29, 0.717) is 0 Å². The molecule has 5 heteroatoms. The molecule has 0 aliphatic rings. The van der Waals surface area contributed by atoms with Crippen LogP contribution in [0.2, 0.25) is 0 Å². The molecule has 0 spiro atoms. The van der Waals surface area contributed by atoms with Gasteiger partial charge in [-0.25, -0.2) is 0 Å². The van der Waals surface area contributed by atoms with E-state index in [-0.39, 0.29) is 19.0 Å². The van der Waals surface area contributed by atoms with Crippen molar-refractivity contribution in [3.05, 3.63) is 36.0 Å². The Hall–Kier alpha value is -2.30. The summed E-state index contributed by atoms with van der Waals surface area (Å²) >= 11 is 0. The minimum Gasteiger partial charge on any atom is -0.481 e. The Labute approximate surface area is 123 Å². The highest BCUT2D eigenvalue weighted by atomic mass is 16.4. The molecule has 1 heterocycles. The van der Waals surface area contributed by atoms with Gasteiger partial charge < -0.3 is 15.0 Å². The van der Waals surface area contributed by atoms with E-state index in [1.165, 1.54) is 0 Å². The number of fused-ring (bicyclic) bond motifs is 1. The molecular formula is C16H20N2O3. The summed E-state index contributed by atoms with van der Waals surface area (Å²) in [6.07, 6.45) is 0. The third-order valence-electron chi connectivity index (χ3n) is 3.63. The lowest BCUT2D eigenvalue weighted by molar-refractivity contribution is -0.146. The highest BCUT2D eigenvalue weighted by molar-refractivity contribution is 5.84. The van der Waals surface area contributed by atoms with Crippen LogP contribution < -0.4 is 5.32 Å². The number of benzene rings is 1. The second-order valence-corrected chi connectivity index (χ2v) is 5.90. The number of hydrogen-bond acceptors (Lipinski definition) is 2. The first-order valence-electron chi connectivity index (χ1n) is 6.86. The number of aromatic nitrogens is 1. The van der Waals surface area contributed by atoms with Crippen molar-refractivity contribution in [3.63, 3.8) is 0 Å². The predicted molar refractivity (Wildman–Crippen MR) is 81.1 cm³/mol. The van der Waals surface area contributed by atoms with Crippen LogP contribution in [0.4, 0.5) is 0 Å². The molecule has 1 amide bonds. The maximum atomic E-state index is 12.1. The average Bonchev–Trinajstić information content (AvgIpc) is 2.73. The number of nitrogens with one attached hydrogen (secondary N) is 1. The number of aryl methyl sites for hydroxylation is 1. The Morgan fingerprint density at radius 3 is 2.62 bits per heavy atom. The van der Waals surface area contributed by atoms with E-state index in [9.17, 15) is 9.59 Å². The summed E-state index contributed by atoms with van der Waals surface area (Å²) in [7, 11) is 0. The Balaban J connectivity index is 2.09. The van der Waals surface area contributed by atoms with Crippen molar-refractivity contribution in [3.8, 4) is 0 Å². The molecule has 0 bridgehead atoms. The number of para-hydroxylation sites is 1. The molecule has 0 atom stereocenters. The molecule has 1 aromatic carbocycles. The van der Waals surface area contributed by atoms with Crippen LogP contribution in [0.15, 0.2) is 30.3 Å². The van der Waals surface area contributed by atoms with Gasteiger partial charge >= 0.3 is 5.97 Å². The SMILES string of the molecule is Cc1cc2ccccc2n1CC(=O)NCC(C)(C)C(=O)O. The molecule has 5 nitrogen and oxygen atoms in total. The third-order valence-corrected chi connectivity index (χ3v) is 3.63. The van der Waals surface area contributed by atoms with Gasteiger partial charge in [-0.1, -0.05) is 18.2 Å². The Morgan fingerprint density at radius 2 is 1.95 bits per heavy atom. The van der Waals surface area contributed by atoms with Crippen molar-refractivity contribution in [1.29, 1.82) is 0 Å². The molecule has 2 N–H and O–H groups in total. The Bertz CT molecular complexity index is 686. The standard InChI is InChI=1S/C16H20N2O3/c1-11-8-12-6-4-5-7-13(12)18(11)9-14(19)17-10-16(2,3)15(20)21/h4-8H,9-10H2,1-3H3,(H,17,19)(H,20,21). The first kappa shape index (κ1) is 15.1. The zero-order valence-electron chi connectivity index (χ0n) is 12.5. The van der Waals surface area contributed by atoms with E-state index in [1.807, 2.05) is 41.8 Å². The van der Waals surface area contributed by atoms with Crippen molar-refractivity contribution in [2.45, 2.75) is 27.3 Å². The van der Waals surface area contributed by atoms with Gasteiger partial charge in [0.2, 0.25) is 5.91 Å². The number of aliphatic carboxylic acids is 1. The van der Waals surface area contributed by atoms with Gasteiger partial charge in [-0.3, -0.25) is 9.59 Å². The lowest BCUT2D eigenvalue weighted by Crippen LogP contribution is -2.40. The topological polar surface area (TPSA) is 71.3 Å². The van der Waals surface area contributed by atoms with Crippen molar-refractivity contribution in [2.75, 3.05) is 6.54 Å². The quantitative estimate of drug-likeness (QED) is 0.885. The van der Waals surface area contributed by atoms with Crippen molar-refractivity contribution in [1.82, 2.24) is 9.88 Å². The lowest BCUT2D eigenvalue weighted by Gasteiger charge is -2.19. The van der Waals surface area contributed by atoms with Crippen LogP contribution in [0.25, 0.3) is 10.9 Å². The fourth-order valence-electron chi connectivity index (χ4n) is 2.15. The molecule has 0 radical (unpaired) electrons. The smallest absolute Gasteiger partial charge is 0.310 e. The van der Waals surface area contributed by atoms with E-state index in [0.717, 1.165) is 16.6 Å². The second-order valence-electron chi connectivity index (χ2n) is 5.90. The minimum absolute atomic E-state index is 0.111. The fourth-order valence-corrected chi connectivity index (χ4v) is 2.15. The van der Waals surface area contributed by atoms with E-state index >= 15 is 0 Å². The summed E-state index contributed by atoms with van der Waals surface area (Å²) in [5, 5.41) is 12.8. The van der Waals surface area contributed by atoms with Crippen LogP contribution in [0.3, 0.4) is 0 Å². The first-order chi connectivity index (χ1) is 9.81. The van der Waals surface area contributed by atoms with Crippen molar-refractivity contribution >= 4 is 22.8 Å². The summed E-state index contributed by atoms with van der Waals surface area (Å²) in [5.41, 5.74) is 1.04.